The van der Waals surface area contributed by atoms with Crippen LogP contribution in [0.25, 0.3) is 6.08 Å². The number of rotatable bonds is 5. The first kappa shape index (κ1) is 21.6. The largest absolute Gasteiger partial charge is 0.493 e. The van der Waals surface area contributed by atoms with Gasteiger partial charge in [0.25, 0.3) is 0 Å². The molecule has 7 nitrogen and oxygen atoms in total. The molecule has 34 heavy (non-hydrogen) atoms. The van der Waals surface area contributed by atoms with Gasteiger partial charge in [0.2, 0.25) is 11.5 Å². The summed E-state index contributed by atoms with van der Waals surface area (Å²) in [4.78, 5) is 14.9. The van der Waals surface area contributed by atoms with Crippen molar-refractivity contribution in [2.45, 2.75) is 6.54 Å². The number of ketones is 1. The average molecular weight is 463 g/mol. The lowest BCUT2D eigenvalue weighted by Crippen LogP contribution is -2.32. The monoisotopic (exact) mass is 463 g/mol. The Morgan fingerprint density at radius 3 is 2.41 bits per heavy atom. The van der Waals surface area contributed by atoms with Crippen LogP contribution < -0.4 is 28.6 Å². The highest BCUT2D eigenvalue weighted by Crippen LogP contribution is 2.44. The lowest BCUT2D eigenvalue weighted by molar-refractivity contribution is 0.101. The van der Waals surface area contributed by atoms with Crippen LogP contribution in [0.5, 0.6) is 28.7 Å². The summed E-state index contributed by atoms with van der Waals surface area (Å²) in [6.45, 7) is 0.527. The van der Waals surface area contributed by atoms with E-state index in [-0.39, 0.29) is 24.1 Å². The van der Waals surface area contributed by atoms with E-state index in [1.165, 1.54) is 27.4 Å². The summed E-state index contributed by atoms with van der Waals surface area (Å²) < 4.78 is 42.4. The van der Waals surface area contributed by atoms with Crippen LogP contribution in [0.2, 0.25) is 0 Å². The number of carbonyl (C=O) groups excluding carboxylic acids is 1. The number of ether oxygens (including phenoxy) is 5. The van der Waals surface area contributed by atoms with Gasteiger partial charge in [-0.3, -0.25) is 4.79 Å². The van der Waals surface area contributed by atoms with Gasteiger partial charge in [0.1, 0.15) is 17.3 Å². The van der Waals surface area contributed by atoms with Gasteiger partial charge in [-0.25, -0.2) is 4.39 Å². The summed E-state index contributed by atoms with van der Waals surface area (Å²) >= 11 is 0. The number of nitrogens with zero attached hydrogens (tertiary/aromatic N) is 1. The van der Waals surface area contributed by atoms with E-state index in [1.54, 1.807) is 53.4 Å². The molecule has 5 rings (SSSR count). The van der Waals surface area contributed by atoms with Gasteiger partial charge in [-0.1, -0.05) is 12.1 Å². The van der Waals surface area contributed by atoms with Crippen molar-refractivity contribution >= 4 is 17.5 Å². The number of allylic oxidation sites excluding steroid dienone is 1. The van der Waals surface area contributed by atoms with Gasteiger partial charge in [0.05, 0.1) is 44.7 Å². The fraction of sp³-hybridized carbons (Fsp3) is 0.192. The fourth-order valence-corrected chi connectivity index (χ4v) is 4.16. The molecule has 174 valence electrons. The minimum absolute atomic E-state index is 0.153. The molecule has 0 saturated carbocycles. The first-order valence-corrected chi connectivity index (χ1v) is 10.6. The first-order chi connectivity index (χ1) is 16.5. The number of hydrogen-bond acceptors (Lipinski definition) is 7. The molecular formula is C26H22FNO6. The van der Waals surface area contributed by atoms with Crippen molar-refractivity contribution in [3.8, 4) is 28.7 Å². The Kier molecular flexibility index (Phi) is 5.49. The molecule has 3 aromatic carbocycles. The number of anilines is 1. The molecule has 0 fully saturated rings. The van der Waals surface area contributed by atoms with Gasteiger partial charge >= 0.3 is 0 Å². The Labute approximate surface area is 195 Å². The summed E-state index contributed by atoms with van der Waals surface area (Å²) in [6.07, 6.45) is 1.62. The molecule has 0 aromatic heterocycles. The number of halogens is 1. The third-order valence-electron chi connectivity index (χ3n) is 5.80. The topological polar surface area (TPSA) is 66.5 Å². The molecule has 0 spiro atoms. The van der Waals surface area contributed by atoms with Crippen molar-refractivity contribution in [1.29, 1.82) is 0 Å². The number of fused-ring (bicyclic) bond motifs is 3. The molecule has 0 aliphatic carbocycles. The van der Waals surface area contributed by atoms with E-state index in [4.69, 9.17) is 23.7 Å². The molecular weight excluding hydrogens is 441 g/mol. The van der Waals surface area contributed by atoms with E-state index in [9.17, 15) is 9.18 Å². The van der Waals surface area contributed by atoms with Crippen LogP contribution in [0.15, 0.2) is 54.3 Å². The molecule has 8 heteroatoms. The smallest absolute Gasteiger partial charge is 0.231 e. The number of benzene rings is 3. The maximum absolute atomic E-state index is 14.3. The zero-order chi connectivity index (χ0) is 23.8. The molecule has 0 saturated heterocycles. The lowest BCUT2D eigenvalue weighted by atomic mass is 10.0. The van der Waals surface area contributed by atoms with E-state index in [1.807, 2.05) is 0 Å². The van der Waals surface area contributed by atoms with Crippen molar-refractivity contribution in [3.05, 3.63) is 76.8 Å². The molecule has 2 aliphatic heterocycles. The summed E-state index contributed by atoms with van der Waals surface area (Å²) in [6, 6.07) is 13.4. The second kappa shape index (κ2) is 8.62. The van der Waals surface area contributed by atoms with Crippen molar-refractivity contribution in [2.24, 2.45) is 0 Å². The predicted molar refractivity (Wildman–Crippen MR) is 124 cm³/mol. The van der Waals surface area contributed by atoms with Crippen LogP contribution in [0, 0.1) is 5.82 Å². The van der Waals surface area contributed by atoms with Crippen LogP contribution >= 0.6 is 0 Å². The molecule has 2 heterocycles. The van der Waals surface area contributed by atoms with E-state index in [0.717, 1.165) is 0 Å². The Morgan fingerprint density at radius 2 is 1.74 bits per heavy atom. The molecule has 0 unspecified atom stereocenters. The number of hydrogen-bond donors (Lipinski definition) is 0. The molecule has 0 bridgehead atoms. The fourth-order valence-electron chi connectivity index (χ4n) is 4.16. The summed E-state index contributed by atoms with van der Waals surface area (Å²) in [7, 11) is 4.57. The van der Waals surface area contributed by atoms with Crippen LogP contribution in [-0.4, -0.2) is 33.8 Å². The third-order valence-corrected chi connectivity index (χ3v) is 5.80. The highest BCUT2D eigenvalue weighted by atomic mass is 19.1. The second-order valence-corrected chi connectivity index (χ2v) is 7.74. The van der Waals surface area contributed by atoms with Crippen LogP contribution in [0.1, 0.15) is 21.5 Å². The molecule has 0 amide bonds. The van der Waals surface area contributed by atoms with Crippen LogP contribution in [0.3, 0.4) is 0 Å². The van der Waals surface area contributed by atoms with E-state index >= 15 is 0 Å². The van der Waals surface area contributed by atoms with Crippen LogP contribution in [-0.2, 0) is 6.54 Å². The van der Waals surface area contributed by atoms with E-state index < -0.39 is 0 Å². The number of Topliss-reactive ketones (excluding diaryl/α,β-unsaturated/α-hetero) is 1. The zero-order valence-electron chi connectivity index (χ0n) is 18.9. The highest BCUT2D eigenvalue weighted by Gasteiger charge is 2.34. The third kappa shape index (κ3) is 3.57. The Bertz CT molecular complexity index is 1290. The minimum atomic E-state index is -0.345. The van der Waals surface area contributed by atoms with Gasteiger partial charge in [0, 0.05) is 0 Å². The minimum Gasteiger partial charge on any atom is -0.493 e. The van der Waals surface area contributed by atoms with Crippen LogP contribution in [0.4, 0.5) is 10.1 Å². The summed E-state index contributed by atoms with van der Waals surface area (Å²) in [5.74, 6) is 1.95. The van der Waals surface area contributed by atoms with Crippen molar-refractivity contribution in [3.63, 3.8) is 0 Å². The van der Waals surface area contributed by atoms with E-state index in [2.05, 4.69) is 0 Å². The van der Waals surface area contributed by atoms with Crippen molar-refractivity contribution in [2.75, 3.05) is 33.0 Å². The molecule has 0 atom stereocenters. The lowest BCUT2D eigenvalue weighted by Gasteiger charge is -2.31. The molecule has 0 radical (unpaired) electrons. The Morgan fingerprint density at radius 1 is 1.00 bits per heavy atom. The molecule has 0 N–H and O–H groups in total. The maximum Gasteiger partial charge on any atom is 0.231 e. The van der Waals surface area contributed by atoms with Gasteiger partial charge in [0.15, 0.2) is 24.0 Å². The van der Waals surface area contributed by atoms with Gasteiger partial charge in [-0.2, -0.15) is 0 Å². The first-order valence-electron chi connectivity index (χ1n) is 10.6. The number of para-hydroxylation sites is 1. The predicted octanol–water partition coefficient (Wildman–Crippen LogP) is 4.82. The number of carbonyl (C=O) groups is 1. The second-order valence-electron chi connectivity index (χ2n) is 7.74. The van der Waals surface area contributed by atoms with Gasteiger partial charge in [-0.15, -0.1) is 0 Å². The maximum atomic E-state index is 14.3. The normalized spacial score (nSPS) is 15.4. The Balaban J connectivity index is 1.50. The highest BCUT2D eigenvalue weighted by molar-refractivity contribution is 6.15. The number of methoxy groups -OCH3 is 3. The SMILES string of the molecule is COc1cc(/C=C2\Oc3c(ccc4c3CN(c3ccccc3F)CO4)C2=O)cc(OC)c1OC. The van der Waals surface area contributed by atoms with Crippen molar-refractivity contribution in [1.82, 2.24) is 0 Å². The van der Waals surface area contributed by atoms with Gasteiger partial charge in [-0.05, 0) is 48.0 Å². The summed E-state index contributed by atoms with van der Waals surface area (Å²) in [5, 5.41) is 0. The molecule has 3 aromatic rings. The van der Waals surface area contributed by atoms with E-state index in [0.29, 0.717) is 57.7 Å². The molecule has 2 aliphatic rings. The standard InChI is InChI=1S/C26H22FNO6/c1-30-22-11-15(12-23(31-2)26(22)32-3)10-21-24(29)16-8-9-20-17(25(16)34-21)13-28(14-33-20)19-7-5-4-6-18(19)27/h4-12H,13-14H2,1-3H3/b21-10-. The van der Waals surface area contributed by atoms with Gasteiger partial charge < -0.3 is 28.6 Å². The van der Waals surface area contributed by atoms with Crippen molar-refractivity contribution < 1.29 is 32.9 Å². The average Bonchev–Trinajstić information content (AvgIpc) is 3.18. The summed E-state index contributed by atoms with van der Waals surface area (Å²) in [5.41, 5.74) is 2.18. The zero-order valence-corrected chi connectivity index (χ0v) is 18.9. The Hall–Kier alpha value is -4.20. The quantitative estimate of drug-likeness (QED) is 0.503.